The highest BCUT2D eigenvalue weighted by Crippen LogP contribution is 2.34. The van der Waals surface area contributed by atoms with Crippen molar-refractivity contribution in [3.05, 3.63) is 73.1 Å². The minimum absolute atomic E-state index is 0.404. The lowest BCUT2D eigenvalue weighted by atomic mass is 10.2. The molecule has 0 aliphatic heterocycles. The number of benzene rings is 2. The molecule has 0 fully saturated rings. The second-order valence-electron chi connectivity index (χ2n) is 6.31. The molecule has 0 N–H and O–H groups in total. The Hall–Kier alpha value is -3.78. The number of pyridine rings is 1. The quantitative estimate of drug-likeness (QED) is 0.376. The van der Waals surface area contributed by atoms with Crippen LogP contribution in [0.4, 0.5) is 0 Å². The Labute approximate surface area is 176 Å². The first-order valence-electron chi connectivity index (χ1n) is 9.13. The van der Waals surface area contributed by atoms with Gasteiger partial charge in [-0.1, -0.05) is 18.2 Å². The van der Waals surface area contributed by atoms with Crippen LogP contribution in [0.3, 0.4) is 0 Å². The van der Waals surface area contributed by atoms with E-state index in [4.69, 9.17) is 14.1 Å². The van der Waals surface area contributed by atoms with E-state index >= 15 is 0 Å². The number of hydrogen-bond acceptors (Lipinski definition) is 8. The molecular formula is C22H15N5O2S. The maximum Gasteiger partial charge on any atom is 0.283 e. The van der Waals surface area contributed by atoms with Crippen molar-refractivity contribution in [2.75, 3.05) is 7.11 Å². The highest BCUT2D eigenvalue weighted by atomic mass is 32.2. The van der Waals surface area contributed by atoms with Crippen LogP contribution in [-0.2, 0) is 0 Å². The van der Waals surface area contributed by atoms with Gasteiger partial charge in [0.05, 0.1) is 12.6 Å². The molecule has 2 aromatic carbocycles. The van der Waals surface area contributed by atoms with Gasteiger partial charge in [0.15, 0.2) is 5.82 Å². The van der Waals surface area contributed by atoms with Crippen molar-refractivity contribution in [3.63, 3.8) is 0 Å². The largest absolute Gasteiger partial charge is 0.497 e. The Balaban J connectivity index is 1.51. The minimum atomic E-state index is 0.404. The van der Waals surface area contributed by atoms with Gasteiger partial charge in [-0.25, -0.2) is 9.97 Å². The smallest absolute Gasteiger partial charge is 0.283 e. The zero-order valence-electron chi connectivity index (χ0n) is 15.9. The van der Waals surface area contributed by atoms with Gasteiger partial charge in [0, 0.05) is 28.9 Å². The number of rotatable bonds is 5. The molecule has 30 heavy (non-hydrogen) atoms. The molecular weight excluding hydrogens is 398 g/mol. The van der Waals surface area contributed by atoms with E-state index in [1.165, 1.54) is 11.8 Å². The number of hydrogen-bond donors (Lipinski definition) is 0. The van der Waals surface area contributed by atoms with E-state index in [0.29, 0.717) is 16.9 Å². The van der Waals surface area contributed by atoms with Crippen molar-refractivity contribution in [1.29, 1.82) is 0 Å². The third kappa shape index (κ3) is 3.60. The zero-order valence-corrected chi connectivity index (χ0v) is 16.7. The van der Waals surface area contributed by atoms with Crippen LogP contribution in [0, 0.1) is 0 Å². The topological polar surface area (TPSA) is 86.8 Å². The molecule has 0 aliphatic rings. The third-order valence-corrected chi connectivity index (χ3v) is 5.26. The standard InChI is InChI=1S/C22H15N5O2S/c1-28-16-10-8-14(9-11-16)20-26-27-22(29-20)30-21-17-6-2-3-7-18(17)24-19(25-21)15-5-4-12-23-13-15/h2-13H,1H3. The predicted molar refractivity (Wildman–Crippen MR) is 113 cm³/mol. The zero-order chi connectivity index (χ0) is 20.3. The van der Waals surface area contributed by atoms with Gasteiger partial charge >= 0.3 is 0 Å². The van der Waals surface area contributed by atoms with Gasteiger partial charge < -0.3 is 9.15 Å². The van der Waals surface area contributed by atoms with Gasteiger partial charge in [-0.2, -0.15) is 0 Å². The van der Waals surface area contributed by atoms with Crippen LogP contribution in [0.25, 0.3) is 33.7 Å². The summed E-state index contributed by atoms with van der Waals surface area (Å²) in [5.74, 6) is 1.80. The van der Waals surface area contributed by atoms with E-state index in [1.54, 1.807) is 19.5 Å². The highest BCUT2D eigenvalue weighted by molar-refractivity contribution is 7.99. The monoisotopic (exact) mass is 413 g/mol. The number of ether oxygens (including phenoxy) is 1. The molecule has 5 aromatic rings. The second kappa shape index (κ2) is 7.92. The van der Waals surface area contributed by atoms with Gasteiger partial charge in [0.1, 0.15) is 10.8 Å². The van der Waals surface area contributed by atoms with Crippen LogP contribution >= 0.6 is 11.8 Å². The molecule has 7 nitrogen and oxygen atoms in total. The number of nitrogens with zero attached hydrogens (tertiary/aromatic N) is 5. The predicted octanol–water partition coefficient (Wildman–Crippen LogP) is 4.90. The first kappa shape index (κ1) is 18.3. The molecule has 0 atom stereocenters. The molecule has 3 aromatic heterocycles. The highest BCUT2D eigenvalue weighted by Gasteiger charge is 2.15. The number of aromatic nitrogens is 5. The van der Waals surface area contributed by atoms with Gasteiger partial charge in [-0.3, -0.25) is 4.98 Å². The molecule has 0 unspecified atom stereocenters. The Bertz CT molecular complexity index is 1310. The average molecular weight is 413 g/mol. The molecule has 5 rings (SSSR count). The van der Waals surface area contributed by atoms with Gasteiger partial charge in [-0.05, 0) is 54.2 Å². The van der Waals surface area contributed by atoms with Gasteiger partial charge in [-0.15, -0.1) is 10.2 Å². The Kier molecular flexibility index (Phi) is 4.82. The van der Waals surface area contributed by atoms with E-state index in [1.807, 2.05) is 60.7 Å². The van der Waals surface area contributed by atoms with E-state index in [0.717, 1.165) is 32.8 Å². The van der Waals surface area contributed by atoms with Crippen molar-refractivity contribution >= 4 is 22.7 Å². The van der Waals surface area contributed by atoms with Crippen LogP contribution in [-0.4, -0.2) is 32.3 Å². The number of methoxy groups -OCH3 is 1. The summed E-state index contributed by atoms with van der Waals surface area (Å²) in [6.07, 6.45) is 3.46. The molecule has 3 heterocycles. The Morgan fingerprint density at radius 1 is 0.867 bits per heavy atom. The number of fused-ring (bicyclic) bond motifs is 1. The lowest BCUT2D eigenvalue weighted by Gasteiger charge is -2.06. The molecule has 0 spiro atoms. The summed E-state index contributed by atoms with van der Waals surface area (Å²) in [6, 6.07) is 19.1. The molecule has 146 valence electrons. The maximum atomic E-state index is 5.87. The summed E-state index contributed by atoms with van der Waals surface area (Å²) in [5.41, 5.74) is 2.50. The maximum absolute atomic E-state index is 5.87. The first-order chi connectivity index (χ1) is 14.8. The van der Waals surface area contributed by atoms with Gasteiger partial charge in [0.2, 0.25) is 5.89 Å². The van der Waals surface area contributed by atoms with Crippen molar-refractivity contribution in [2.24, 2.45) is 0 Å². The Morgan fingerprint density at radius 2 is 1.73 bits per heavy atom. The van der Waals surface area contributed by atoms with Crippen LogP contribution in [0.2, 0.25) is 0 Å². The minimum Gasteiger partial charge on any atom is -0.497 e. The fraction of sp³-hybridized carbons (Fsp3) is 0.0455. The van der Waals surface area contributed by atoms with Crippen molar-refractivity contribution in [3.8, 4) is 28.6 Å². The summed E-state index contributed by atoms with van der Waals surface area (Å²) >= 11 is 1.31. The SMILES string of the molecule is COc1ccc(-c2nnc(Sc3nc(-c4cccnc4)nc4ccccc34)o2)cc1. The van der Waals surface area contributed by atoms with E-state index < -0.39 is 0 Å². The molecule has 0 saturated heterocycles. The third-order valence-electron chi connectivity index (χ3n) is 4.42. The first-order valence-corrected chi connectivity index (χ1v) is 9.95. The van der Waals surface area contributed by atoms with E-state index in [2.05, 4.69) is 20.2 Å². The Morgan fingerprint density at radius 3 is 2.53 bits per heavy atom. The summed E-state index contributed by atoms with van der Waals surface area (Å²) < 4.78 is 11.1. The number of para-hydroxylation sites is 1. The van der Waals surface area contributed by atoms with Gasteiger partial charge in [0.25, 0.3) is 5.22 Å². The molecule has 0 amide bonds. The van der Waals surface area contributed by atoms with Crippen LogP contribution in [0.15, 0.2) is 87.7 Å². The van der Waals surface area contributed by atoms with E-state index in [-0.39, 0.29) is 0 Å². The van der Waals surface area contributed by atoms with Crippen LogP contribution in [0.1, 0.15) is 0 Å². The molecule has 0 radical (unpaired) electrons. The van der Waals surface area contributed by atoms with Crippen molar-refractivity contribution in [2.45, 2.75) is 10.2 Å². The van der Waals surface area contributed by atoms with E-state index in [9.17, 15) is 0 Å². The summed E-state index contributed by atoms with van der Waals surface area (Å²) in [5, 5.41) is 10.4. The summed E-state index contributed by atoms with van der Waals surface area (Å²) in [6.45, 7) is 0. The van der Waals surface area contributed by atoms with Crippen LogP contribution in [0.5, 0.6) is 5.75 Å². The molecule has 0 saturated carbocycles. The van der Waals surface area contributed by atoms with Crippen molar-refractivity contribution < 1.29 is 9.15 Å². The van der Waals surface area contributed by atoms with Crippen molar-refractivity contribution in [1.82, 2.24) is 25.1 Å². The fourth-order valence-corrected chi connectivity index (χ4v) is 3.72. The average Bonchev–Trinajstić information content (AvgIpc) is 3.28. The summed E-state index contributed by atoms with van der Waals surface area (Å²) in [4.78, 5) is 13.6. The molecule has 0 aliphatic carbocycles. The fourth-order valence-electron chi connectivity index (χ4n) is 2.93. The second-order valence-corrected chi connectivity index (χ2v) is 7.25. The normalized spacial score (nSPS) is 11.0. The lowest BCUT2D eigenvalue weighted by molar-refractivity contribution is 0.414. The summed E-state index contributed by atoms with van der Waals surface area (Å²) in [7, 11) is 1.63. The molecule has 8 heteroatoms. The molecule has 0 bridgehead atoms. The van der Waals surface area contributed by atoms with Crippen LogP contribution < -0.4 is 4.74 Å². The lowest BCUT2D eigenvalue weighted by Crippen LogP contribution is -1.94.